The summed E-state index contributed by atoms with van der Waals surface area (Å²) in [5.74, 6) is 0.946. The molecule has 0 aromatic carbocycles. The minimum Gasteiger partial charge on any atom is -0.483 e. The van der Waals surface area contributed by atoms with E-state index in [1.807, 2.05) is 12.1 Å². The average molecular weight is 373 g/mol. The second-order valence-electron chi connectivity index (χ2n) is 6.23. The van der Waals surface area contributed by atoms with Crippen LogP contribution in [0.2, 0.25) is 0 Å². The van der Waals surface area contributed by atoms with Crippen molar-refractivity contribution in [3.63, 3.8) is 0 Å². The third kappa shape index (κ3) is 7.18. The van der Waals surface area contributed by atoms with Gasteiger partial charge in [-0.05, 0) is 30.5 Å². The smallest absolute Gasteiger partial charge is 0.231 e. The van der Waals surface area contributed by atoms with Crippen LogP contribution in [-0.4, -0.2) is 38.6 Å². The number of amides is 1. The summed E-state index contributed by atoms with van der Waals surface area (Å²) >= 11 is 0. The van der Waals surface area contributed by atoms with Gasteiger partial charge in [-0.1, -0.05) is 19.8 Å². The van der Waals surface area contributed by atoms with E-state index < -0.39 is 0 Å². The third-order valence-corrected chi connectivity index (χ3v) is 3.91. The van der Waals surface area contributed by atoms with Crippen LogP contribution in [0, 0.1) is 0 Å². The Hall–Kier alpha value is -2.74. The lowest BCUT2D eigenvalue weighted by atomic mass is 10.1. The zero-order valence-electron chi connectivity index (χ0n) is 15.8. The Kier molecular flexibility index (Phi) is 8.44. The molecule has 0 aliphatic carbocycles. The first-order valence-electron chi connectivity index (χ1n) is 9.16. The Morgan fingerprint density at radius 2 is 2.07 bits per heavy atom. The van der Waals surface area contributed by atoms with E-state index in [0.29, 0.717) is 24.6 Å². The van der Waals surface area contributed by atoms with Crippen LogP contribution in [-0.2, 0) is 11.4 Å². The van der Waals surface area contributed by atoms with Gasteiger partial charge in [0.2, 0.25) is 11.9 Å². The number of aromatic nitrogens is 3. The van der Waals surface area contributed by atoms with E-state index in [4.69, 9.17) is 4.74 Å². The Bertz CT molecular complexity index is 712. The van der Waals surface area contributed by atoms with Crippen molar-refractivity contribution in [1.82, 2.24) is 15.0 Å². The van der Waals surface area contributed by atoms with Crippen LogP contribution in [0.5, 0.6) is 5.75 Å². The predicted molar refractivity (Wildman–Crippen MR) is 104 cm³/mol. The lowest BCUT2D eigenvalue weighted by Crippen LogP contribution is -2.23. The number of aliphatic hydroxyl groups excluding tert-OH is 1. The molecule has 2 aromatic heterocycles. The molecule has 1 amide bonds. The van der Waals surface area contributed by atoms with Crippen molar-refractivity contribution < 1.29 is 14.6 Å². The Morgan fingerprint density at radius 1 is 1.30 bits per heavy atom. The number of carbonyl (C=O) groups is 1. The van der Waals surface area contributed by atoms with Gasteiger partial charge in [0.1, 0.15) is 6.61 Å². The molecule has 0 radical (unpaired) electrons. The van der Waals surface area contributed by atoms with Gasteiger partial charge in [0, 0.05) is 32.0 Å². The number of carbonyl (C=O) groups excluding carboxylic acids is 1. The largest absolute Gasteiger partial charge is 0.483 e. The highest BCUT2D eigenvalue weighted by molar-refractivity contribution is 5.86. The summed E-state index contributed by atoms with van der Waals surface area (Å²) < 4.78 is 5.88. The molecule has 8 heteroatoms. The van der Waals surface area contributed by atoms with Crippen molar-refractivity contribution in [3.05, 3.63) is 36.3 Å². The van der Waals surface area contributed by atoms with E-state index in [9.17, 15) is 9.90 Å². The van der Waals surface area contributed by atoms with Gasteiger partial charge in [-0.3, -0.25) is 15.1 Å². The molecule has 3 N–H and O–H groups in total. The molecule has 27 heavy (non-hydrogen) atoms. The van der Waals surface area contributed by atoms with Crippen LogP contribution in [0.1, 0.15) is 45.1 Å². The predicted octanol–water partition coefficient (Wildman–Crippen LogP) is 2.76. The lowest BCUT2D eigenvalue weighted by Gasteiger charge is -2.20. The molecule has 8 nitrogen and oxygen atoms in total. The molecule has 2 heterocycles. The number of nitrogens with zero attached hydrogens (tertiary/aromatic N) is 3. The quantitative estimate of drug-likeness (QED) is 0.555. The maximum Gasteiger partial charge on any atom is 0.231 e. The third-order valence-electron chi connectivity index (χ3n) is 3.91. The summed E-state index contributed by atoms with van der Waals surface area (Å²) in [6, 6.07) is 3.79. The molecule has 0 saturated carbocycles. The van der Waals surface area contributed by atoms with Crippen LogP contribution < -0.4 is 15.4 Å². The van der Waals surface area contributed by atoms with E-state index >= 15 is 0 Å². The minimum atomic E-state index is -0.246. The van der Waals surface area contributed by atoms with Crippen molar-refractivity contribution in [1.29, 1.82) is 0 Å². The molecule has 0 aliphatic rings. The van der Waals surface area contributed by atoms with Gasteiger partial charge in [0.05, 0.1) is 6.20 Å². The second-order valence-corrected chi connectivity index (χ2v) is 6.23. The lowest BCUT2D eigenvalue weighted by molar-refractivity contribution is -0.114. The summed E-state index contributed by atoms with van der Waals surface area (Å²) in [6.07, 6.45) is 8.55. The van der Waals surface area contributed by atoms with E-state index in [-0.39, 0.29) is 24.5 Å². The molecule has 0 aliphatic heterocycles. The fourth-order valence-electron chi connectivity index (χ4n) is 2.53. The normalized spacial score (nSPS) is 11.7. The van der Waals surface area contributed by atoms with Gasteiger partial charge in [-0.25, -0.2) is 4.98 Å². The fraction of sp³-hybridized carbons (Fsp3) is 0.474. The highest BCUT2D eigenvalue weighted by atomic mass is 16.5. The topological polar surface area (TPSA) is 109 Å². The molecule has 2 rings (SSSR count). The number of ether oxygens (including phenoxy) is 1. The summed E-state index contributed by atoms with van der Waals surface area (Å²) in [5.41, 5.74) is 0.972. The monoisotopic (exact) mass is 373 g/mol. The standard InChI is InChI=1S/C19H27N5O3/c1-3-4-5-16(8-11-25)23-18-17(12-21-19(24-18)22-14(2)26)27-13-15-6-9-20-10-7-15/h6-7,9-10,12,16,25H,3-5,8,11,13H2,1-2H3,(H2,21,22,23,24,26)/t16-/m0/s1. The van der Waals surface area contributed by atoms with Crippen LogP contribution in [0.25, 0.3) is 0 Å². The van der Waals surface area contributed by atoms with Gasteiger partial charge < -0.3 is 15.2 Å². The summed E-state index contributed by atoms with van der Waals surface area (Å²) in [7, 11) is 0. The number of aliphatic hydroxyl groups is 1. The number of nitrogens with one attached hydrogen (secondary N) is 2. The summed E-state index contributed by atoms with van der Waals surface area (Å²) in [5, 5.41) is 15.3. The number of anilines is 2. The van der Waals surface area contributed by atoms with Crippen LogP contribution in [0.3, 0.4) is 0 Å². The Morgan fingerprint density at radius 3 is 2.74 bits per heavy atom. The van der Waals surface area contributed by atoms with Crippen molar-refractivity contribution in [2.24, 2.45) is 0 Å². The highest BCUT2D eigenvalue weighted by Crippen LogP contribution is 2.25. The molecule has 0 saturated heterocycles. The van der Waals surface area contributed by atoms with E-state index in [2.05, 4.69) is 32.5 Å². The van der Waals surface area contributed by atoms with Gasteiger partial charge in [-0.15, -0.1) is 0 Å². The van der Waals surface area contributed by atoms with Crippen molar-refractivity contribution in [3.8, 4) is 5.75 Å². The van der Waals surface area contributed by atoms with Crippen LogP contribution >= 0.6 is 0 Å². The number of unbranched alkanes of at least 4 members (excludes halogenated alkanes) is 1. The second kappa shape index (κ2) is 11.1. The minimum absolute atomic E-state index is 0.0540. The number of hydrogen-bond donors (Lipinski definition) is 3. The number of rotatable bonds is 11. The molecular formula is C19H27N5O3. The van der Waals surface area contributed by atoms with Crippen molar-refractivity contribution in [2.45, 2.75) is 52.2 Å². The molecule has 146 valence electrons. The number of pyridine rings is 1. The van der Waals surface area contributed by atoms with E-state index in [1.165, 1.54) is 13.1 Å². The first-order valence-corrected chi connectivity index (χ1v) is 9.16. The SMILES string of the molecule is CCCC[C@@H](CCO)Nc1nc(NC(C)=O)ncc1OCc1ccncc1. The van der Waals surface area contributed by atoms with Gasteiger partial charge in [0.25, 0.3) is 0 Å². The summed E-state index contributed by atoms with van der Waals surface area (Å²) in [4.78, 5) is 23.8. The highest BCUT2D eigenvalue weighted by Gasteiger charge is 2.15. The molecular weight excluding hydrogens is 346 g/mol. The fourth-order valence-corrected chi connectivity index (χ4v) is 2.53. The maximum absolute atomic E-state index is 11.3. The van der Waals surface area contributed by atoms with Crippen LogP contribution in [0.4, 0.5) is 11.8 Å². The maximum atomic E-state index is 11.3. The summed E-state index contributed by atoms with van der Waals surface area (Å²) in [6.45, 7) is 3.96. The zero-order valence-corrected chi connectivity index (χ0v) is 15.8. The first kappa shape index (κ1) is 20.6. The molecule has 0 unspecified atom stereocenters. The molecule has 0 spiro atoms. The van der Waals surface area contributed by atoms with E-state index in [1.54, 1.807) is 12.4 Å². The molecule has 1 atom stereocenters. The molecule has 0 bridgehead atoms. The molecule has 0 fully saturated rings. The van der Waals surface area contributed by atoms with Gasteiger partial charge >= 0.3 is 0 Å². The van der Waals surface area contributed by atoms with E-state index in [0.717, 1.165) is 24.8 Å². The van der Waals surface area contributed by atoms with Crippen LogP contribution in [0.15, 0.2) is 30.7 Å². The van der Waals surface area contributed by atoms with Crippen molar-refractivity contribution >= 4 is 17.7 Å². The zero-order chi connectivity index (χ0) is 19.5. The number of hydrogen-bond acceptors (Lipinski definition) is 7. The van der Waals surface area contributed by atoms with Gasteiger partial charge in [-0.2, -0.15) is 4.98 Å². The Labute approximate surface area is 159 Å². The van der Waals surface area contributed by atoms with Gasteiger partial charge in [0.15, 0.2) is 11.6 Å². The molecule has 2 aromatic rings. The van der Waals surface area contributed by atoms with Crippen molar-refractivity contribution in [2.75, 3.05) is 17.2 Å². The Balaban J connectivity index is 2.18. The average Bonchev–Trinajstić information content (AvgIpc) is 2.66. The first-order chi connectivity index (χ1) is 13.1.